The van der Waals surface area contributed by atoms with Gasteiger partial charge in [0.15, 0.2) is 0 Å². The van der Waals surface area contributed by atoms with E-state index in [4.69, 9.17) is 7.85 Å². The van der Waals surface area contributed by atoms with Crippen LogP contribution < -0.4 is 0 Å². The van der Waals surface area contributed by atoms with E-state index in [9.17, 15) is 4.79 Å². The fourth-order valence-electron chi connectivity index (χ4n) is 1.07. The molecule has 0 unspecified atom stereocenters. The molecule has 0 heterocycles. The van der Waals surface area contributed by atoms with Crippen molar-refractivity contribution in [1.29, 1.82) is 0 Å². The van der Waals surface area contributed by atoms with Gasteiger partial charge in [0, 0.05) is 2.74 Å². The average molecular weight is 163 g/mol. The Balaban J connectivity index is 4.69. The molecule has 0 aromatic carbocycles. The van der Waals surface area contributed by atoms with Crippen molar-refractivity contribution < 1.29 is 12.6 Å². The van der Waals surface area contributed by atoms with Crippen LogP contribution >= 0.6 is 0 Å². The summed E-state index contributed by atoms with van der Waals surface area (Å²) in [6, 6.07) is -0.762. The van der Waals surface area contributed by atoms with Gasteiger partial charge in [-0.3, -0.25) is 9.69 Å². The van der Waals surface area contributed by atoms with Crippen LogP contribution in [0.1, 0.15) is 23.5 Å². The molecule has 0 saturated heterocycles. The van der Waals surface area contributed by atoms with Crippen molar-refractivity contribution in [3.05, 3.63) is 0 Å². The third-order valence-electron chi connectivity index (χ3n) is 1.42. The second-order valence-electron chi connectivity index (χ2n) is 3.70. The zero-order valence-electron chi connectivity index (χ0n) is 9.29. The Labute approximate surface area is 70.8 Å². The van der Waals surface area contributed by atoms with Crippen LogP contribution in [-0.4, -0.2) is 36.1 Å². The number of aliphatic carboxylic acids is 1. The number of hydrogen-bond donors (Lipinski definition) is 1. The summed E-state index contributed by atoms with van der Waals surface area (Å²) in [6.07, 6.45) is 0. The van der Waals surface area contributed by atoms with Crippen molar-refractivity contribution in [3.8, 4) is 0 Å². The van der Waals surface area contributed by atoms with Crippen molar-refractivity contribution in [3.63, 3.8) is 0 Å². The normalized spacial score (nSPS) is 17.5. The first-order chi connectivity index (χ1) is 5.84. The molecular weight excluding hydrogens is 144 g/mol. The van der Waals surface area contributed by atoms with Crippen molar-refractivity contribution in [2.75, 3.05) is 14.0 Å². The van der Waals surface area contributed by atoms with Gasteiger partial charge in [-0.15, -0.1) is 0 Å². The second-order valence-corrected chi connectivity index (χ2v) is 3.70. The number of likely N-dealkylation sites (N-methyl/N-ethyl adjacent to an activating group) is 1. The molecule has 0 rings (SSSR count). The van der Waals surface area contributed by atoms with E-state index in [1.165, 1.54) is 4.90 Å². The summed E-state index contributed by atoms with van der Waals surface area (Å²) < 4.78 is 14.2. The van der Waals surface area contributed by atoms with Gasteiger partial charge in [-0.2, -0.15) is 0 Å². The van der Waals surface area contributed by atoms with Gasteiger partial charge in [0.05, 0.1) is 0 Å². The molecule has 0 spiro atoms. The summed E-state index contributed by atoms with van der Waals surface area (Å²) in [4.78, 5) is 12.2. The summed E-state index contributed by atoms with van der Waals surface area (Å²) in [6.45, 7) is 5.39. The van der Waals surface area contributed by atoms with Crippen LogP contribution in [0.15, 0.2) is 0 Å². The van der Waals surface area contributed by atoms with Gasteiger partial charge in [0.2, 0.25) is 0 Å². The molecule has 1 atom stereocenters. The molecular formula is C8H17NO2. The molecule has 66 valence electrons. The molecule has 0 saturated carbocycles. The van der Waals surface area contributed by atoms with Gasteiger partial charge < -0.3 is 5.11 Å². The molecule has 0 amide bonds. The minimum Gasteiger partial charge on any atom is -0.480 e. The summed E-state index contributed by atoms with van der Waals surface area (Å²) >= 11 is 0. The molecule has 0 aliphatic carbocycles. The van der Waals surface area contributed by atoms with Crippen LogP contribution in [0, 0.1) is 5.41 Å². The molecule has 0 radical (unpaired) electrons. The maximum atomic E-state index is 10.9. The molecule has 11 heavy (non-hydrogen) atoms. The van der Waals surface area contributed by atoms with E-state index < -0.39 is 17.4 Å². The number of carboxylic acid groups (broad SMARTS) is 1. The fraction of sp³-hybridized carbons (Fsp3) is 0.875. The number of carbonyl (C=O) groups is 1. The van der Waals surface area contributed by atoms with Crippen LogP contribution in [0.5, 0.6) is 0 Å². The Morgan fingerprint density at radius 3 is 2.09 bits per heavy atom. The lowest BCUT2D eigenvalue weighted by Crippen LogP contribution is -2.45. The third kappa shape index (κ3) is 2.89. The van der Waals surface area contributed by atoms with Crippen molar-refractivity contribution in [1.82, 2.24) is 4.90 Å². The molecule has 0 aliphatic heterocycles. The number of carboxylic acids is 1. The first-order valence-electron chi connectivity index (χ1n) is 4.81. The fourth-order valence-corrected chi connectivity index (χ4v) is 1.07. The minimum atomic E-state index is -0.966. The quantitative estimate of drug-likeness (QED) is 0.618. The van der Waals surface area contributed by atoms with Gasteiger partial charge in [-0.1, -0.05) is 20.8 Å². The van der Waals surface area contributed by atoms with Gasteiger partial charge in [0.1, 0.15) is 6.04 Å². The van der Waals surface area contributed by atoms with E-state index in [1.807, 2.05) is 0 Å². The molecule has 3 nitrogen and oxygen atoms in total. The standard InChI is InChI=1S/C8H17NO2/c1-8(2,3)6(7(10)11)9(4)5/h6H,1-5H3,(H,10,11)/t6-/m1/s1/i4D,5D,10+2. The lowest BCUT2D eigenvalue weighted by Gasteiger charge is -2.32. The van der Waals surface area contributed by atoms with Crippen LogP contribution in [-0.2, 0) is 4.79 Å². The molecule has 0 aromatic heterocycles. The Kier molecular flexibility index (Phi) is 2.08. The Hall–Kier alpha value is -0.570. The third-order valence-corrected chi connectivity index (χ3v) is 1.42. The molecule has 3 heteroatoms. The Bertz CT molecular complexity index is 175. The minimum absolute atomic E-state index is 0.155. The predicted molar refractivity (Wildman–Crippen MR) is 44.6 cm³/mol. The highest BCUT2D eigenvalue weighted by molar-refractivity contribution is 5.74. The van der Waals surface area contributed by atoms with Crippen molar-refractivity contribution in [2.24, 2.45) is 5.41 Å². The van der Waals surface area contributed by atoms with Crippen LogP contribution in [0.3, 0.4) is 0 Å². The predicted octanol–water partition coefficient (Wildman–Crippen LogP) is 1.05. The van der Waals surface area contributed by atoms with Gasteiger partial charge in [-0.25, -0.2) is 0 Å². The topological polar surface area (TPSA) is 40.5 Å². The van der Waals surface area contributed by atoms with E-state index in [0.29, 0.717) is 0 Å². The highest BCUT2D eigenvalue weighted by Crippen LogP contribution is 2.22. The zero-order valence-corrected chi connectivity index (χ0v) is 7.29. The van der Waals surface area contributed by atoms with E-state index >= 15 is 0 Å². The highest BCUT2D eigenvalue weighted by atomic mass is 18.1. The smallest absolute Gasteiger partial charge is 0.321 e. The van der Waals surface area contributed by atoms with E-state index in [2.05, 4.69) is 0 Å². The largest absolute Gasteiger partial charge is 0.480 e. The maximum absolute atomic E-state index is 10.9. The number of nitrogens with zero attached hydrogens (tertiary/aromatic N) is 1. The number of hydrogen-bond acceptors (Lipinski definition) is 2. The highest BCUT2D eigenvalue weighted by Gasteiger charge is 2.32. The molecule has 1 N–H and O–H groups in total. The molecule has 0 aromatic rings. The Morgan fingerprint density at radius 2 is 2.00 bits per heavy atom. The summed E-state index contributed by atoms with van der Waals surface area (Å²) in [5, 5.41) is 8.93. The van der Waals surface area contributed by atoms with Gasteiger partial charge in [-0.05, 0) is 19.5 Å². The van der Waals surface area contributed by atoms with Crippen LogP contribution in [0.4, 0.5) is 0 Å². The number of rotatable bonds is 2. The monoisotopic (exact) mass is 163 g/mol. The van der Waals surface area contributed by atoms with E-state index in [1.54, 1.807) is 20.8 Å². The summed E-state index contributed by atoms with van der Waals surface area (Å²) in [5.41, 5.74) is -0.450. The van der Waals surface area contributed by atoms with Gasteiger partial charge in [0.25, 0.3) is 0 Å². The van der Waals surface area contributed by atoms with Crippen molar-refractivity contribution >= 4 is 5.97 Å². The average Bonchev–Trinajstić information content (AvgIpc) is 1.96. The zero-order chi connectivity index (χ0) is 10.6. The first-order valence-corrected chi connectivity index (χ1v) is 3.40. The van der Waals surface area contributed by atoms with Crippen LogP contribution in [0.25, 0.3) is 0 Å². The summed E-state index contributed by atoms with van der Waals surface area (Å²) in [5.74, 6) is -0.966. The Morgan fingerprint density at radius 1 is 1.55 bits per heavy atom. The lowest BCUT2D eigenvalue weighted by atomic mass is 9.86. The van der Waals surface area contributed by atoms with Gasteiger partial charge >= 0.3 is 5.97 Å². The van der Waals surface area contributed by atoms with E-state index in [-0.39, 0.29) is 14.0 Å². The SMILES string of the molecule is [2H]CN(C[2H])[C@H](C(O)=[18O])C(C)(C)C. The van der Waals surface area contributed by atoms with Crippen molar-refractivity contribution in [2.45, 2.75) is 26.8 Å². The lowest BCUT2D eigenvalue weighted by molar-refractivity contribution is -0.146. The maximum Gasteiger partial charge on any atom is 0.321 e. The van der Waals surface area contributed by atoms with E-state index in [0.717, 1.165) is 0 Å². The first kappa shape index (κ1) is 7.10. The molecule has 0 bridgehead atoms. The summed E-state index contributed by atoms with van der Waals surface area (Å²) in [7, 11) is -0.310. The molecule has 0 aliphatic rings. The molecule has 0 fully saturated rings. The van der Waals surface area contributed by atoms with Crippen LogP contribution in [0.2, 0.25) is 0 Å². The second kappa shape index (κ2) is 3.22.